The number of carbonyl (C=O) groups is 3. The van der Waals surface area contributed by atoms with E-state index >= 15 is 0 Å². The molecule has 184 valence electrons. The fraction of sp³-hybridized carbons (Fsp3) is 0.320. The summed E-state index contributed by atoms with van der Waals surface area (Å²) in [4.78, 5) is 41.0. The van der Waals surface area contributed by atoms with E-state index in [1.54, 1.807) is 6.07 Å². The van der Waals surface area contributed by atoms with E-state index < -0.39 is 42.1 Å². The quantitative estimate of drug-likeness (QED) is 0.318. The first-order chi connectivity index (χ1) is 16.8. The van der Waals surface area contributed by atoms with Crippen LogP contribution in [0.2, 0.25) is 0 Å². The van der Waals surface area contributed by atoms with E-state index in [4.69, 9.17) is 0 Å². The van der Waals surface area contributed by atoms with Gasteiger partial charge < -0.3 is 26.0 Å². The van der Waals surface area contributed by atoms with Crippen molar-refractivity contribution >= 4 is 28.6 Å². The molecule has 2 aromatic carbocycles. The Morgan fingerprint density at radius 1 is 1.09 bits per heavy atom. The minimum atomic E-state index is -1.15. The minimum Gasteiger partial charge on any atom is -0.394 e. The van der Waals surface area contributed by atoms with Crippen LogP contribution >= 0.6 is 0 Å². The summed E-state index contributed by atoms with van der Waals surface area (Å²) in [6, 6.07) is 10.3. The number of H-pyrrole nitrogens is 1. The molecule has 10 heteroatoms. The highest BCUT2D eigenvalue weighted by Gasteiger charge is 2.30. The summed E-state index contributed by atoms with van der Waals surface area (Å²) < 4.78 is 27.1. The summed E-state index contributed by atoms with van der Waals surface area (Å²) in [5.41, 5.74) is 1.28. The maximum Gasteiger partial charge on any atom is 0.268 e. The van der Waals surface area contributed by atoms with Crippen LogP contribution < -0.4 is 16.0 Å². The number of hydrogen-bond acceptors (Lipinski definition) is 4. The van der Waals surface area contributed by atoms with Crippen LogP contribution in [0.25, 0.3) is 10.9 Å². The summed E-state index contributed by atoms with van der Waals surface area (Å²) >= 11 is 0. The van der Waals surface area contributed by atoms with Gasteiger partial charge in [0, 0.05) is 29.8 Å². The molecule has 35 heavy (non-hydrogen) atoms. The average Bonchev–Trinajstić information content (AvgIpc) is 3.46. The summed E-state index contributed by atoms with van der Waals surface area (Å²) in [5, 5.41) is 18.6. The molecular weight excluding hydrogens is 458 g/mol. The molecule has 1 aromatic heterocycles. The SMILES string of the molecule is O=C(N[C@@H](Cc1ccc(F)c(F)c1)C(=O)N[C@H](CO)C[C@@H]1CCNC1=O)c1cc2ccccc2[nH]1. The van der Waals surface area contributed by atoms with E-state index in [0.29, 0.717) is 18.5 Å². The van der Waals surface area contributed by atoms with E-state index in [1.807, 2.05) is 24.3 Å². The van der Waals surface area contributed by atoms with Crippen molar-refractivity contribution in [1.29, 1.82) is 0 Å². The Labute approximate surface area is 200 Å². The Morgan fingerprint density at radius 2 is 1.89 bits per heavy atom. The van der Waals surface area contributed by atoms with Gasteiger partial charge in [-0.3, -0.25) is 14.4 Å². The Kier molecular flexibility index (Phi) is 7.40. The molecule has 0 spiro atoms. The van der Waals surface area contributed by atoms with Crippen LogP contribution in [0.4, 0.5) is 8.78 Å². The second kappa shape index (κ2) is 10.6. The number of hydrogen-bond donors (Lipinski definition) is 5. The third-order valence-corrected chi connectivity index (χ3v) is 6.12. The molecule has 4 rings (SSSR count). The zero-order valence-electron chi connectivity index (χ0n) is 18.8. The fourth-order valence-corrected chi connectivity index (χ4v) is 4.24. The van der Waals surface area contributed by atoms with Crippen LogP contribution in [-0.2, 0) is 16.0 Å². The number of aliphatic hydroxyl groups excluding tert-OH is 1. The molecule has 5 N–H and O–H groups in total. The molecule has 3 atom stereocenters. The topological polar surface area (TPSA) is 123 Å². The predicted octanol–water partition coefficient (Wildman–Crippen LogP) is 1.79. The lowest BCUT2D eigenvalue weighted by Crippen LogP contribution is -2.52. The molecule has 0 aliphatic carbocycles. The van der Waals surface area contributed by atoms with Crippen LogP contribution in [0.1, 0.15) is 28.9 Å². The van der Waals surface area contributed by atoms with Crippen LogP contribution in [0.5, 0.6) is 0 Å². The number of para-hydroxylation sites is 1. The van der Waals surface area contributed by atoms with Gasteiger partial charge in [-0.2, -0.15) is 0 Å². The average molecular weight is 485 g/mol. The van der Waals surface area contributed by atoms with Crippen molar-refractivity contribution in [2.45, 2.75) is 31.3 Å². The molecule has 0 unspecified atom stereocenters. The van der Waals surface area contributed by atoms with E-state index in [0.717, 1.165) is 23.0 Å². The normalized spacial score (nSPS) is 17.1. The molecule has 0 saturated carbocycles. The number of rotatable bonds is 9. The molecule has 0 radical (unpaired) electrons. The van der Waals surface area contributed by atoms with Gasteiger partial charge in [-0.05, 0) is 42.7 Å². The number of aromatic amines is 1. The van der Waals surface area contributed by atoms with Crippen LogP contribution in [0.3, 0.4) is 0 Å². The van der Waals surface area contributed by atoms with Gasteiger partial charge in [0.15, 0.2) is 11.6 Å². The number of nitrogens with one attached hydrogen (secondary N) is 4. The summed E-state index contributed by atoms with van der Waals surface area (Å²) in [6.07, 6.45) is 0.722. The first-order valence-corrected chi connectivity index (χ1v) is 11.4. The second-order valence-corrected chi connectivity index (χ2v) is 8.65. The lowest BCUT2D eigenvalue weighted by atomic mass is 9.98. The van der Waals surface area contributed by atoms with Crippen LogP contribution in [-0.4, -0.2) is 53.0 Å². The zero-order valence-corrected chi connectivity index (χ0v) is 18.8. The molecule has 2 heterocycles. The first kappa shape index (κ1) is 24.3. The highest BCUT2D eigenvalue weighted by molar-refractivity contribution is 6.00. The maximum atomic E-state index is 13.8. The summed E-state index contributed by atoms with van der Waals surface area (Å²) in [6.45, 7) is 0.137. The largest absolute Gasteiger partial charge is 0.394 e. The molecule has 3 amide bonds. The molecule has 1 aliphatic rings. The van der Waals surface area contributed by atoms with Crippen LogP contribution in [0.15, 0.2) is 48.5 Å². The Bertz CT molecular complexity index is 1210. The van der Waals surface area contributed by atoms with Gasteiger partial charge in [-0.15, -0.1) is 0 Å². The van der Waals surface area contributed by atoms with Crippen molar-refractivity contribution in [3.05, 3.63) is 71.4 Å². The Morgan fingerprint density at radius 3 is 2.57 bits per heavy atom. The van der Waals surface area contributed by atoms with Crippen molar-refractivity contribution < 1.29 is 28.3 Å². The van der Waals surface area contributed by atoms with Gasteiger partial charge in [0.25, 0.3) is 5.91 Å². The van der Waals surface area contributed by atoms with Gasteiger partial charge >= 0.3 is 0 Å². The van der Waals surface area contributed by atoms with Gasteiger partial charge in [-0.1, -0.05) is 24.3 Å². The lowest BCUT2D eigenvalue weighted by molar-refractivity contribution is -0.126. The fourth-order valence-electron chi connectivity index (χ4n) is 4.24. The molecule has 1 fully saturated rings. The first-order valence-electron chi connectivity index (χ1n) is 11.4. The van der Waals surface area contributed by atoms with Crippen molar-refractivity contribution in [3.8, 4) is 0 Å². The molecular formula is C25H26F2N4O4. The maximum absolute atomic E-state index is 13.8. The van der Waals surface area contributed by atoms with Crippen molar-refractivity contribution in [1.82, 2.24) is 20.9 Å². The van der Waals surface area contributed by atoms with Crippen molar-refractivity contribution in [2.75, 3.05) is 13.2 Å². The summed E-state index contributed by atoms with van der Waals surface area (Å²) in [7, 11) is 0. The number of fused-ring (bicyclic) bond motifs is 1. The highest BCUT2D eigenvalue weighted by Crippen LogP contribution is 2.18. The van der Waals surface area contributed by atoms with Gasteiger partial charge in [-0.25, -0.2) is 8.78 Å². The third kappa shape index (κ3) is 5.83. The number of benzene rings is 2. The van der Waals surface area contributed by atoms with Gasteiger partial charge in [0.2, 0.25) is 11.8 Å². The second-order valence-electron chi connectivity index (χ2n) is 8.65. The van der Waals surface area contributed by atoms with E-state index in [9.17, 15) is 28.3 Å². The number of aromatic nitrogens is 1. The molecule has 3 aromatic rings. The Hall–Kier alpha value is -3.79. The van der Waals surface area contributed by atoms with Crippen molar-refractivity contribution in [2.24, 2.45) is 5.92 Å². The summed E-state index contributed by atoms with van der Waals surface area (Å²) in [5.74, 6) is -3.73. The van der Waals surface area contributed by atoms with E-state index in [2.05, 4.69) is 20.9 Å². The number of aliphatic hydroxyl groups is 1. The van der Waals surface area contributed by atoms with Crippen molar-refractivity contribution in [3.63, 3.8) is 0 Å². The molecule has 1 aliphatic heterocycles. The minimum absolute atomic E-state index is 0.114. The zero-order chi connectivity index (χ0) is 24.9. The Balaban J connectivity index is 1.52. The molecule has 0 bridgehead atoms. The van der Waals surface area contributed by atoms with Gasteiger partial charge in [0.1, 0.15) is 11.7 Å². The number of carbonyl (C=O) groups excluding carboxylic acids is 3. The number of amides is 3. The van der Waals surface area contributed by atoms with E-state index in [1.165, 1.54) is 6.07 Å². The molecule has 8 nitrogen and oxygen atoms in total. The smallest absolute Gasteiger partial charge is 0.268 e. The van der Waals surface area contributed by atoms with Gasteiger partial charge in [0.05, 0.1) is 12.6 Å². The molecule has 1 saturated heterocycles. The highest BCUT2D eigenvalue weighted by atomic mass is 19.2. The van der Waals surface area contributed by atoms with E-state index in [-0.39, 0.29) is 30.4 Å². The van der Waals surface area contributed by atoms with Crippen LogP contribution in [0, 0.1) is 17.6 Å². The lowest BCUT2D eigenvalue weighted by Gasteiger charge is -2.23. The monoisotopic (exact) mass is 484 g/mol. The number of halogens is 2. The third-order valence-electron chi connectivity index (χ3n) is 6.12. The predicted molar refractivity (Wildman–Crippen MR) is 124 cm³/mol. The standard InChI is InChI=1S/C25H26F2N4O4/c26-18-6-5-14(9-19(18)27)10-21(24(34)29-17(13-32)11-16-7-8-28-23(16)33)31-25(35)22-12-15-3-1-2-4-20(15)30-22/h1-6,9,12,16-17,21,30,32H,7-8,10-11,13H2,(H,28,33)(H,29,34)(H,31,35)/t16-,17-,21-/m0/s1.